The van der Waals surface area contributed by atoms with Gasteiger partial charge in [0.2, 0.25) is 4.32 Å². The highest BCUT2D eigenvalue weighted by atomic mass is 79.9. The van der Waals surface area contributed by atoms with Crippen LogP contribution in [-0.2, 0) is 60.9 Å². The Kier molecular flexibility index (Phi) is 23.2. The van der Waals surface area contributed by atoms with Gasteiger partial charge in [0.15, 0.2) is 23.0 Å². The Labute approximate surface area is 430 Å². The van der Waals surface area contributed by atoms with E-state index in [9.17, 15) is 42.7 Å². The number of benzene rings is 6. The van der Waals surface area contributed by atoms with Gasteiger partial charge in [-0.15, -0.1) is 0 Å². The van der Waals surface area contributed by atoms with E-state index in [2.05, 4.69) is 15.9 Å². The van der Waals surface area contributed by atoms with E-state index in [0.29, 0.717) is 48.9 Å². The van der Waals surface area contributed by atoms with Crippen molar-refractivity contribution in [3.05, 3.63) is 191 Å². The van der Waals surface area contributed by atoms with Gasteiger partial charge in [0.05, 0.1) is 39.6 Å². The monoisotopic (exact) mass is 1070 g/mol. The van der Waals surface area contributed by atoms with Crippen LogP contribution in [0.3, 0.4) is 0 Å². The first-order chi connectivity index (χ1) is 35.2. The molecule has 0 unspecified atom stereocenters. The number of aldehydes is 2. The zero-order valence-electron chi connectivity index (χ0n) is 40.6. The summed E-state index contributed by atoms with van der Waals surface area (Å²) >= 11 is 3.18. The number of alkyl halides is 1. The largest absolute Gasteiger partial charge is 0.504 e. The minimum absolute atomic E-state index is 0.00835. The summed E-state index contributed by atoms with van der Waals surface area (Å²) in [5, 5.41) is 9.62. The summed E-state index contributed by atoms with van der Waals surface area (Å²) in [5.74, 6) is -3.46. The molecular weight excluding hydrogens is 1010 g/mol. The molecule has 0 saturated heterocycles. The topological polar surface area (TPSA) is 187 Å². The van der Waals surface area contributed by atoms with E-state index < -0.39 is 33.8 Å². The van der Waals surface area contributed by atoms with Gasteiger partial charge in [-0.2, -0.15) is 0 Å². The number of ether oxygens (including phenoxy) is 7. The first-order valence-corrected chi connectivity index (χ1v) is 23.8. The lowest BCUT2D eigenvalue weighted by Gasteiger charge is -2.31. The third-order valence-corrected chi connectivity index (χ3v) is 11.3. The summed E-state index contributed by atoms with van der Waals surface area (Å²) in [5.41, 5.74) is 0.807. The molecule has 14 nitrogen and oxygen atoms in total. The van der Waals surface area contributed by atoms with E-state index in [0.717, 1.165) is 11.1 Å². The summed E-state index contributed by atoms with van der Waals surface area (Å²) in [7, 11) is 0. The van der Waals surface area contributed by atoms with E-state index in [1.807, 2.05) is 0 Å². The highest BCUT2D eigenvalue weighted by Crippen LogP contribution is 2.38. The SMILES string of the molecule is CCOC(=O)C(Br)(C(=O)OCC)c1ccccc1.CCOC(=O)C(Oc1cc(C=O)ccc1OCCc1ccc(F)cc1)(C(=O)OCC)c1ccccc1.O=Cc1ccc(OCCc2ccc(F)cc2)c(O)c1. The van der Waals surface area contributed by atoms with Crippen LogP contribution in [0, 0.1) is 11.6 Å². The predicted octanol–water partition coefficient (Wildman–Crippen LogP) is 10.0. The van der Waals surface area contributed by atoms with Crippen LogP contribution in [0.15, 0.2) is 146 Å². The van der Waals surface area contributed by atoms with Crippen LogP contribution in [0.2, 0.25) is 0 Å². The quantitative estimate of drug-likeness (QED) is 0.0222. The smallest absolute Gasteiger partial charge is 0.367 e. The van der Waals surface area contributed by atoms with Crippen molar-refractivity contribution < 1.29 is 75.8 Å². The van der Waals surface area contributed by atoms with Crippen molar-refractivity contribution in [2.75, 3.05) is 39.6 Å². The summed E-state index contributed by atoms with van der Waals surface area (Å²) in [6, 6.07) is 37.8. The Bertz CT molecular complexity index is 2680. The van der Waals surface area contributed by atoms with Crippen molar-refractivity contribution in [1.82, 2.24) is 0 Å². The van der Waals surface area contributed by atoms with Crippen LogP contribution < -0.4 is 14.2 Å². The number of aromatic hydroxyl groups is 1. The molecular formula is C56H55BrF2O14. The zero-order chi connectivity index (χ0) is 53.2. The summed E-state index contributed by atoms with van der Waals surface area (Å²) in [6.45, 7) is 7.49. The molecule has 0 fully saturated rings. The second kappa shape index (κ2) is 29.4. The normalized spacial score (nSPS) is 10.7. The van der Waals surface area contributed by atoms with Gasteiger partial charge in [-0.3, -0.25) is 9.59 Å². The third kappa shape index (κ3) is 16.3. The molecule has 6 aromatic carbocycles. The fourth-order valence-corrected chi connectivity index (χ4v) is 7.09. The molecule has 6 aromatic rings. The van der Waals surface area contributed by atoms with E-state index in [4.69, 9.17) is 33.2 Å². The molecule has 0 bridgehead atoms. The Hall–Kier alpha value is -7.92. The first kappa shape index (κ1) is 57.7. The van der Waals surface area contributed by atoms with E-state index >= 15 is 0 Å². The standard InChI is InChI=1S/C28H27FO7.C15H13FO3.C13H15BrO4/c1-3-33-26(31)28(27(32)34-4-2,22-8-6-5-7-9-22)36-25-18-21(19-30)12-15-24(25)35-17-16-20-10-13-23(29)14-11-20;16-13-4-1-11(2-5-13)7-8-19-15-6-3-12(10-17)9-14(15)18;1-3-17-11(15)13(14,12(16)18-4-2)10-8-6-5-7-9-10/h5-15,18-19H,3-4,16-17H2,1-2H3;1-6,9-10,18H,7-8H2;5-9H,3-4H2,1-2H3. The van der Waals surface area contributed by atoms with Crippen molar-refractivity contribution in [3.8, 4) is 23.0 Å². The van der Waals surface area contributed by atoms with Gasteiger partial charge in [-0.05, 0) is 105 Å². The van der Waals surface area contributed by atoms with Crippen LogP contribution in [-0.4, -0.2) is 81.2 Å². The minimum atomic E-state index is -2.30. The maximum atomic E-state index is 13.3. The van der Waals surface area contributed by atoms with Crippen molar-refractivity contribution >= 4 is 52.4 Å². The lowest BCUT2D eigenvalue weighted by atomic mass is 9.93. The fraction of sp³-hybridized carbons (Fsp3) is 0.250. The summed E-state index contributed by atoms with van der Waals surface area (Å²) in [6.07, 6.45) is 2.32. The second-order valence-corrected chi connectivity index (χ2v) is 16.4. The number of phenols is 1. The third-order valence-electron chi connectivity index (χ3n) is 10.2. The molecule has 0 atom stereocenters. The highest BCUT2D eigenvalue weighted by molar-refractivity contribution is 9.10. The number of carbonyl (C=O) groups excluding carboxylic acids is 6. The number of esters is 4. The molecule has 1 N–H and O–H groups in total. The molecule has 0 aliphatic carbocycles. The number of hydrogen-bond acceptors (Lipinski definition) is 14. The van der Waals surface area contributed by atoms with Gasteiger partial charge in [0, 0.05) is 29.5 Å². The van der Waals surface area contributed by atoms with Gasteiger partial charge >= 0.3 is 29.5 Å². The second-order valence-electron chi connectivity index (χ2n) is 15.2. The van der Waals surface area contributed by atoms with Crippen molar-refractivity contribution in [2.24, 2.45) is 0 Å². The van der Waals surface area contributed by atoms with Crippen molar-refractivity contribution in [2.45, 2.75) is 50.5 Å². The van der Waals surface area contributed by atoms with Gasteiger partial charge in [-0.1, -0.05) is 101 Å². The maximum absolute atomic E-state index is 13.3. The van der Waals surface area contributed by atoms with Gasteiger partial charge < -0.3 is 38.3 Å². The number of hydrogen-bond donors (Lipinski definition) is 1. The molecule has 0 heterocycles. The molecule has 0 spiro atoms. The Morgan fingerprint density at radius 1 is 0.507 bits per heavy atom. The van der Waals surface area contributed by atoms with Crippen LogP contribution in [0.25, 0.3) is 0 Å². The van der Waals surface area contributed by atoms with Gasteiger partial charge in [0.25, 0.3) is 0 Å². The molecule has 0 aliphatic rings. The molecule has 0 radical (unpaired) electrons. The molecule has 0 amide bonds. The lowest BCUT2D eigenvalue weighted by molar-refractivity contribution is -0.181. The molecule has 6 rings (SSSR count). The Morgan fingerprint density at radius 3 is 1.33 bits per heavy atom. The van der Waals surface area contributed by atoms with E-state index in [1.165, 1.54) is 48.5 Å². The van der Waals surface area contributed by atoms with Crippen LogP contribution >= 0.6 is 15.9 Å². The van der Waals surface area contributed by atoms with Crippen LogP contribution in [0.1, 0.15) is 70.7 Å². The number of carbonyl (C=O) groups is 6. The average molecular weight is 1070 g/mol. The highest BCUT2D eigenvalue weighted by Gasteiger charge is 2.54. The number of rotatable bonds is 22. The zero-order valence-corrected chi connectivity index (χ0v) is 42.1. The summed E-state index contributed by atoms with van der Waals surface area (Å²) in [4.78, 5) is 72.6. The molecule has 73 heavy (non-hydrogen) atoms. The summed E-state index contributed by atoms with van der Waals surface area (Å²) < 4.78 is 62.1. The van der Waals surface area contributed by atoms with Gasteiger partial charge in [-0.25, -0.2) is 28.0 Å². The number of phenolic OH excluding ortho intramolecular Hbond substituents is 1. The van der Waals surface area contributed by atoms with Crippen LogP contribution in [0.4, 0.5) is 8.78 Å². The fourth-order valence-electron chi connectivity index (χ4n) is 6.60. The molecule has 0 aliphatic heterocycles. The number of halogens is 3. The van der Waals surface area contributed by atoms with E-state index in [1.54, 1.807) is 125 Å². The minimum Gasteiger partial charge on any atom is -0.504 e. The molecule has 384 valence electrons. The first-order valence-electron chi connectivity index (χ1n) is 23.0. The lowest BCUT2D eigenvalue weighted by Crippen LogP contribution is -2.51. The van der Waals surface area contributed by atoms with Gasteiger partial charge in [0.1, 0.15) is 24.2 Å². The predicted molar refractivity (Wildman–Crippen MR) is 269 cm³/mol. The van der Waals surface area contributed by atoms with Crippen molar-refractivity contribution in [1.29, 1.82) is 0 Å². The molecule has 0 aromatic heterocycles. The van der Waals surface area contributed by atoms with Crippen molar-refractivity contribution in [3.63, 3.8) is 0 Å². The maximum Gasteiger partial charge on any atom is 0.367 e. The molecule has 17 heteroatoms. The average Bonchev–Trinajstić information content (AvgIpc) is 3.40. The van der Waals surface area contributed by atoms with Crippen LogP contribution in [0.5, 0.6) is 23.0 Å². The Morgan fingerprint density at radius 2 is 0.904 bits per heavy atom. The Balaban J connectivity index is 0.000000262. The van der Waals surface area contributed by atoms with E-state index in [-0.39, 0.29) is 73.0 Å². The molecule has 0 saturated carbocycles.